The second-order valence-corrected chi connectivity index (χ2v) is 6.85. The van der Waals surface area contributed by atoms with E-state index in [1.165, 1.54) is 12.1 Å². The summed E-state index contributed by atoms with van der Waals surface area (Å²) in [6.45, 7) is 3.73. The van der Waals surface area contributed by atoms with Crippen LogP contribution in [-0.4, -0.2) is 17.6 Å². The quantitative estimate of drug-likeness (QED) is 0.247. The number of rotatable bonds is 0. The van der Waals surface area contributed by atoms with Gasteiger partial charge in [-0.1, -0.05) is 12.1 Å². The zero-order chi connectivity index (χ0) is 20.7. The summed E-state index contributed by atoms with van der Waals surface area (Å²) < 4.78 is 30.1. The number of pyridine rings is 2. The molecule has 141 valence electrons. The Hall–Kier alpha value is -2.19. The molecule has 0 saturated heterocycles. The molecule has 0 fully saturated rings. The summed E-state index contributed by atoms with van der Waals surface area (Å²) >= 11 is 6.60. The predicted octanol–water partition coefficient (Wildman–Crippen LogP) is 6.31. The van der Waals surface area contributed by atoms with Crippen LogP contribution in [-0.2, 0) is 0 Å². The molecule has 0 bridgehead atoms. The van der Waals surface area contributed by atoms with Gasteiger partial charge in [-0.3, -0.25) is 9.97 Å². The van der Waals surface area contributed by atoms with Crippen molar-refractivity contribution in [1.82, 2.24) is 9.97 Å². The molecule has 2 heterocycles. The Balaban J connectivity index is 0.000000176. The van der Waals surface area contributed by atoms with Gasteiger partial charge < -0.3 is 0 Å². The van der Waals surface area contributed by atoms with Gasteiger partial charge in [0, 0.05) is 27.6 Å². The molecule has 0 spiro atoms. The average molecular weight is 459 g/mol. The van der Waals surface area contributed by atoms with E-state index in [1.54, 1.807) is 24.5 Å². The molecular formula is C20H16BBrF2N3S. The van der Waals surface area contributed by atoms with Crippen LogP contribution in [0.2, 0.25) is 0 Å². The number of nitrogens with zero attached hydrogens (tertiary/aromatic N) is 3. The molecule has 2 aromatic carbocycles. The van der Waals surface area contributed by atoms with Gasteiger partial charge in [-0.05, 0) is 71.2 Å². The average Bonchev–Trinajstić information content (AvgIpc) is 2.67. The summed E-state index contributed by atoms with van der Waals surface area (Å²) in [5, 5.41) is 1.68. The Morgan fingerprint density at radius 2 is 1.54 bits per heavy atom. The fraction of sp³-hybridized carbons (Fsp3) is 0.100. The first-order valence-corrected chi connectivity index (χ1v) is 9.32. The maximum absolute atomic E-state index is 13.3. The third-order valence-corrected chi connectivity index (χ3v) is 4.82. The summed E-state index contributed by atoms with van der Waals surface area (Å²) in [6, 6.07) is 12.2. The first-order chi connectivity index (χ1) is 13.4. The molecule has 3 nitrogen and oxygen atoms in total. The van der Waals surface area contributed by atoms with E-state index in [1.807, 2.05) is 32.0 Å². The van der Waals surface area contributed by atoms with Gasteiger partial charge in [-0.25, -0.2) is 8.78 Å². The second kappa shape index (κ2) is 10.4. The molecule has 1 radical (unpaired) electrons. The predicted molar refractivity (Wildman–Crippen MR) is 118 cm³/mol. The molecular weight excluding hydrogens is 443 g/mol. The van der Waals surface area contributed by atoms with Gasteiger partial charge in [0.15, 0.2) is 0 Å². The van der Waals surface area contributed by atoms with Gasteiger partial charge >= 0.3 is 24.8 Å². The van der Waals surface area contributed by atoms with Gasteiger partial charge in [0.05, 0.1) is 0 Å². The molecule has 8 heteroatoms. The minimum absolute atomic E-state index is 0.245. The number of thiol groups is 1. The Morgan fingerprint density at radius 3 is 2.21 bits per heavy atom. The molecule has 0 aliphatic heterocycles. The van der Waals surface area contributed by atoms with Crippen molar-refractivity contribution in [2.45, 2.75) is 13.8 Å². The van der Waals surface area contributed by atoms with Crippen LogP contribution in [0.15, 0.2) is 63.6 Å². The summed E-state index contributed by atoms with van der Waals surface area (Å²) in [7, 11) is 4.34. The zero-order valence-electron chi connectivity index (χ0n) is 15.2. The number of hydrogen-bond acceptors (Lipinski definition) is 4. The molecule has 2 aromatic heterocycles. The van der Waals surface area contributed by atoms with Crippen molar-refractivity contribution in [2.24, 2.45) is 4.30 Å². The van der Waals surface area contributed by atoms with E-state index in [4.69, 9.17) is 0 Å². The molecule has 0 atom stereocenters. The van der Waals surface area contributed by atoms with Gasteiger partial charge in [0.2, 0.25) is 0 Å². The molecule has 4 aromatic rings. The molecule has 4 rings (SSSR count). The van der Waals surface area contributed by atoms with Crippen LogP contribution in [0.5, 0.6) is 0 Å². The fourth-order valence-corrected chi connectivity index (χ4v) is 3.03. The van der Waals surface area contributed by atoms with Crippen molar-refractivity contribution in [3.63, 3.8) is 0 Å². The van der Waals surface area contributed by atoms with Crippen LogP contribution in [0.25, 0.3) is 21.8 Å². The van der Waals surface area contributed by atoms with Gasteiger partial charge in [-0.15, -0.1) is 0 Å². The van der Waals surface area contributed by atoms with E-state index in [9.17, 15) is 8.78 Å². The summed E-state index contributed by atoms with van der Waals surface area (Å²) in [4.78, 5) is 7.92. The summed E-state index contributed by atoms with van der Waals surface area (Å²) in [6.07, 6.45) is 3.19. The summed E-state index contributed by atoms with van der Waals surface area (Å²) in [5.74, 6) is -0.512. The van der Waals surface area contributed by atoms with Crippen LogP contribution in [0.3, 0.4) is 0 Å². The van der Waals surface area contributed by atoms with E-state index in [2.05, 4.69) is 50.7 Å². The SMILES string of the molecule is Cc1cc(F)c2ncccc2c1.Cc1cc(F)c2ncccc2c1Br.[B]=NS. The van der Waals surface area contributed by atoms with Gasteiger partial charge in [-0.2, -0.15) is 0 Å². The van der Waals surface area contributed by atoms with E-state index < -0.39 is 0 Å². The minimum atomic E-state index is -0.267. The van der Waals surface area contributed by atoms with Crippen molar-refractivity contribution in [3.05, 3.63) is 82.1 Å². The van der Waals surface area contributed by atoms with Crippen LogP contribution in [0.1, 0.15) is 11.1 Å². The van der Waals surface area contributed by atoms with Crippen LogP contribution >= 0.6 is 28.7 Å². The molecule has 0 aliphatic carbocycles. The normalized spacial score (nSPS) is 9.89. The topological polar surface area (TPSA) is 38.1 Å². The molecule has 0 saturated carbocycles. The van der Waals surface area contributed by atoms with E-state index in [0.717, 1.165) is 26.4 Å². The van der Waals surface area contributed by atoms with Crippen molar-refractivity contribution in [2.75, 3.05) is 0 Å². The van der Waals surface area contributed by atoms with Crippen LogP contribution < -0.4 is 0 Å². The fourth-order valence-electron chi connectivity index (χ4n) is 2.60. The zero-order valence-corrected chi connectivity index (χ0v) is 17.7. The van der Waals surface area contributed by atoms with E-state index in [-0.39, 0.29) is 11.6 Å². The third kappa shape index (κ3) is 5.42. The maximum atomic E-state index is 13.3. The number of aryl methyl sites for hydroxylation is 2. The van der Waals surface area contributed by atoms with Gasteiger partial charge in [0.1, 0.15) is 22.7 Å². The van der Waals surface area contributed by atoms with Crippen molar-refractivity contribution in [3.8, 4) is 0 Å². The van der Waals surface area contributed by atoms with E-state index in [0.29, 0.717) is 11.0 Å². The second-order valence-electron chi connectivity index (χ2n) is 5.83. The number of fused-ring (bicyclic) bond motifs is 2. The molecule has 0 amide bonds. The van der Waals surface area contributed by atoms with Crippen molar-refractivity contribution >= 4 is 58.2 Å². The molecule has 0 unspecified atom stereocenters. The molecule has 28 heavy (non-hydrogen) atoms. The number of aromatic nitrogens is 2. The number of hydrogen-bond donors (Lipinski definition) is 1. The standard InChI is InChI=1S/C10H7BrFN.C10H8FN.BHNS/c1-6-5-8(12)10-7(9(6)11)3-2-4-13-10;1-7-5-8-3-2-4-12-10(8)9(11)6-7;1-2-3/h2-5H,1H3;2-6H,1H3;3H. The first-order valence-electron chi connectivity index (χ1n) is 8.13. The summed E-state index contributed by atoms with van der Waals surface area (Å²) in [5.41, 5.74) is 2.68. The molecule has 0 aliphatic rings. The first kappa shape index (κ1) is 22.1. The van der Waals surface area contributed by atoms with Crippen LogP contribution in [0.4, 0.5) is 8.78 Å². The van der Waals surface area contributed by atoms with Crippen molar-refractivity contribution < 1.29 is 8.78 Å². The third-order valence-electron chi connectivity index (χ3n) is 3.76. The van der Waals surface area contributed by atoms with E-state index >= 15 is 0 Å². The monoisotopic (exact) mass is 458 g/mol. The Bertz CT molecular complexity index is 1130. The number of halogens is 3. The Morgan fingerprint density at radius 1 is 0.964 bits per heavy atom. The Labute approximate surface area is 177 Å². The Kier molecular flexibility index (Phi) is 8.20. The number of benzene rings is 2. The van der Waals surface area contributed by atoms with Crippen LogP contribution in [0, 0.1) is 25.5 Å². The molecule has 0 N–H and O–H groups in total. The van der Waals surface area contributed by atoms with Gasteiger partial charge in [0.25, 0.3) is 0 Å². The van der Waals surface area contributed by atoms with Crippen molar-refractivity contribution in [1.29, 1.82) is 0 Å².